The van der Waals surface area contributed by atoms with E-state index in [-0.39, 0.29) is 6.03 Å². The summed E-state index contributed by atoms with van der Waals surface area (Å²) in [4.78, 5) is 25.7. The number of pyridine rings is 1. The van der Waals surface area contributed by atoms with E-state index in [1.54, 1.807) is 18.7 Å². The standard InChI is InChI=1S/C19H20N6O2/c26-19(22-10-14-2-1-5-20-9-14)24-15-3-4-18-17(8-15)25(6-7-27-18)12-16-11-21-13-23-16/h1-5,8-9,11,13H,6-7,10,12H2,(H,21,23)(H2,22,24,26). The van der Waals surface area contributed by atoms with E-state index in [0.29, 0.717) is 25.4 Å². The zero-order valence-corrected chi connectivity index (χ0v) is 14.7. The molecule has 1 aromatic carbocycles. The Kier molecular flexibility index (Phi) is 4.86. The molecule has 0 unspecified atom stereocenters. The summed E-state index contributed by atoms with van der Waals surface area (Å²) in [5, 5.41) is 5.69. The summed E-state index contributed by atoms with van der Waals surface area (Å²) >= 11 is 0. The van der Waals surface area contributed by atoms with Crippen molar-refractivity contribution in [3.63, 3.8) is 0 Å². The SMILES string of the molecule is O=C(NCc1cccnc1)Nc1ccc2c(c1)N(Cc1c[nH]cn1)CCO2. The van der Waals surface area contributed by atoms with Crippen LogP contribution in [0.4, 0.5) is 16.2 Å². The molecule has 0 aliphatic carbocycles. The number of carbonyl (C=O) groups is 1. The fraction of sp³-hybridized carbons (Fsp3) is 0.211. The van der Waals surface area contributed by atoms with Gasteiger partial charge in [0.25, 0.3) is 0 Å². The number of aromatic amines is 1. The van der Waals surface area contributed by atoms with Gasteiger partial charge in [0.15, 0.2) is 0 Å². The van der Waals surface area contributed by atoms with E-state index in [1.165, 1.54) is 0 Å². The Bertz CT molecular complexity index is 898. The molecule has 0 saturated heterocycles. The first-order valence-corrected chi connectivity index (χ1v) is 8.71. The third kappa shape index (κ3) is 4.17. The van der Waals surface area contributed by atoms with Crippen molar-refractivity contribution in [3.8, 4) is 5.75 Å². The molecular formula is C19H20N6O2. The molecule has 27 heavy (non-hydrogen) atoms. The molecule has 3 heterocycles. The lowest BCUT2D eigenvalue weighted by Crippen LogP contribution is -2.32. The first-order valence-electron chi connectivity index (χ1n) is 8.71. The van der Waals surface area contributed by atoms with Crippen molar-refractivity contribution in [2.45, 2.75) is 13.1 Å². The van der Waals surface area contributed by atoms with Crippen molar-refractivity contribution in [3.05, 3.63) is 66.5 Å². The van der Waals surface area contributed by atoms with E-state index in [2.05, 4.69) is 30.5 Å². The molecule has 0 spiro atoms. The summed E-state index contributed by atoms with van der Waals surface area (Å²) < 4.78 is 5.73. The Morgan fingerprint density at radius 2 is 2.30 bits per heavy atom. The molecule has 0 fully saturated rings. The molecule has 1 aliphatic rings. The van der Waals surface area contributed by atoms with Gasteiger partial charge in [-0.1, -0.05) is 6.07 Å². The van der Waals surface area contributed by atoms with Gasteiger partial charge in [-0.25, -0.2) is 9.78 Å². The van der Waals surface area contributed by atoms with Gasteiger partial charge in [-0.15, -0.1) is 0 Å². The first-order chi connectivity index (χ1) is 13.3. The van der Waals surface area contributed by atoms with Crippen molar-refractivity contribution in [1.29, 1.82) is 0 Å². The molecule has 0 bridgehead atoms. The average Bonchev–Trinajstić information content (AvgIpc) is 3.21. The van der Waals surface area contributed by atoms with Crippen molar-refractivity contribution in [2.75, 3.05) is 23.4 Å². The molecule has 0 atom stereocenters. The number of rotatable bonds is 5. The fourth-order valence-corrected chi connectivity index (χ4v) is 2.95. The lowest BCUT2D eigenvalue weighted by molar-refractivity contribution is 0.251. The fourth-order valence-electron chi connectivity index (χ4n) is 2.95. The molecule has 8 nitrogen and oxygen atoms in total. The second-order valence-electron chi connectivity index (χ2n) is 6.18. The maximum atomic E-state index is 12.2. The third-order valence-corrected chi connectivity index (χ3v) is 4.26. The minimum absolute atomic E-state index is 0.269. The van der Waals surface area contributed by atoms with Crippen LogP contribution in [0.25, 0.3) is 0 Å². The average molecular weight is 364 g/mol. The second-order valence-corrected chi connectivity index (χ2v) is 6.18. The molecule has 3 N–H and O–H groups in total. The molecule has 0 saturated carbocycles. The lowest BCUT2D eigenvalue weighted by atomic mass is 10.2. The number of nitrogens with zero attached hydrogens (tertiary/aromatic N) is 3. The number of benzene rings is 1. The van der Waals surface area contributed by atoms with Crippen molar-refractivity contribution >= 4 is 17.4 Å². The van der Waals surface area contributed by atoms with Gasteiger partial charge < -0.3 is 25.3 Å². The van der Waals surface area contributed by atoms with Crippen LogP contribution in [0.2, 0.25) is 0 Å². The van der Waals surface area contributed by atoms with Crippen LogP contribution in [0.1, 0.15) is 11.3 Å². The largest absolute Gasteiger partial charge is 0.490 e. The van der Waals surface area contributed by atoms with Gasteiger partial charge in [-0.2, -0.15) is 0 Å². The predicted octanol–water partition coefficient (Wildman–Crippen LogP) is 2.53. The van der Waals surface area contributed by atoms with Gasteiger partial charge in [-0.05, 0) is 29.8 Å². The summed E-state index contributed by atoms with van der Waals surface area (Å²) in [6.45, 7) is 2.47. The van der Waals surface area contributed by atoms with Crippen LogP contribution in [0.5, 0.6) is 5.75 Å². The zero-order valence-electron chi connectivity index (χ0n) is 14.7. The van der Waals surface area contributed by atoms with Gasteiger partial charge in [0, 0.05) is 30.8 Å². The van der Waals surface area contributed by atoms with Gasteiger partial charge in [-0.3, -0.25) is 4.98 Å². The maximum Gasteiger partial charge on any atom is 0.319 e. The molecule has 0 radical (unpaired) electrons. The summed E-state index contributed by atoms with van der Waals surface area (Å²) in [5.74, 6) is 0.804. The number of hydrogen-bond acceptors (Lipinski definition) is 5. The Hall–Kier alpha value is -3.55. The molecule has 2 aromatic heterocycles. The summed E-state index contributed by atoms with van der Waals surface area (Å²) in [5.41, 5.74) is 3.54. The highest BCUT2D eigenvalue weighted by Crippen LogP contribution is 2.34. The minimum Gasteiger partial charge on any atom is -0.490 e. The number of aromatic nitrogens is 3. The van der Waals surface area contributed by atoms with Crippen LogP contribution in [0.15, 0.2) is 55.2 Å². The molecule has 1 aliphatic heterocycles. The quantitative estimate of drug-likeness (QED) is 0.647. The number of amides is 2. The highest BCUT2D eigenvalue weighted by Gasteiger charge is 2.19. The molecular weight excluding hydrogens is 344 g/mol. The van der Waals surface area contributed by atoms with Crippen LogP contribution in [0.3, 0.4) is 0 Å². The lowest BCUT2D eigenvalue weighted by Gasteiger charge is -2.31. The van der Waals surface area contributed by atoms with Crippen LogP contribution in [0, 0.1) is 0 Å². The van der Waals surface area contributed by atoms with Gasteiger partial charge in [0.2, 0.25) is 0 Å². The monoisotopic (exact) mass is 364 g/mol. The van der Waals surface area contributed by atoms with Crippen molar-refractivity contribution < 1.29 is 9.53 Å². The number of nitrogens with one attached hydrogen (secondary N) is 3. The number of anilines is 2. The number of H-pyrrole nitrogens is 1. The first kappa shape index (κ1) is 16.9. The van der Waals surface area contributed by atoms with Crippen LogP contribution >= 0.6 is 0 Å². The van der Waals surface area contributed by atoms with Crippen molar-refractivity contribution in [2.24, 2.45) is 0 Å². The zero-order chi connectivity index (χ0) is 18.5. The predicted molar refractivity (Wildman–Crippen MR) is 102 cm³/mol. The molecule has 4 rings (SSSR count). The number of fused-ring (bicyclic) bond motifs is 1. The minimum atomic E-state index is -0.269. The summed E-state index contributed by atoms with van der Waals surface area (Å²) in [6.07, 6.45) is 6.97. The summed E-state index contributed by atoms with van der Waals surface area (Å²) in [7, 11) is 0. The highest BCUT2D eigenvalue weighted by molar-refractivity contribution is 5.90. The van der Waals surface area contributed by atoms with E-state index in [4.69, 9.17) is 4.74 Å². The number of ether oxygens (including phenoxy) is 1. The topological polar surface area (TPSA) is 95.2 Å². The van der Waals surface area contributed by atoms with Crippen LogP contribution < -0.4 is 20.3 Å². The van der Waals surface area contributed by atoms with Gasteiger partial charge in [0.1, 0.15) is 12.4 Å². The van der Waals surface area contributed by atoms with E-state index in [1.807, 2.05) is 36.5 Å². The van der Waals surface area contributed by atoms with E-state index in [0.717, 1.165) is 29.2 Å². The Morgan fingerprint density at radius 3 is 3.11 bits per heavy atom. The molecule has 8 heteroatoms. The van der Waals surface area contributed by atoms with E-state index in [9.17, 15) is 4.79 Å². The van der Waals surface area contributed by atoms with E-state index < -0.39 is 0 Å². The Morgan fingerprint density at radius 1 is 1.33 bits per heavy atom. The highest BCUT2D eigenvalue weighted by atomic mass is 16.5. The number of urea groups is 1. The summed E-state index contributed by atoms with van der Waals surface area (Å²) in [6, 6.07) is 9.12. The van der Waals surface area contributed by atoms with Gasteiger partial charge >= 0.3 is 6.03 Å². The van der Waals surface area contributed by atoms with Crippen LogP contribution in [-0.2, 0) is 13.1 Å². The Balaban J connectivity index is 1.42. The van der Waals surface area contributed by atoms with Crippen molar-refractivity contribution in [1.82, 2.24) is 20.3 Å². The molecule has 2 amide bonds. The number of carbonyl (C=O) groups excluding carboxylic acids is 1. The smallest absolute Gasteiger partial charge is 0.319 e. The Labute approximate surface area is 156 Å². The normalized spacial score (nSPS) is 12.8. The van der Waals surface area contributed by atoms with Crippen LogP contribution in [-0.4, -0.2) is 34.1 Å². The number of hydrogen-bond donors (Lipinski definition) is 3. The number of imidazole rings is 1. The second kappa shape index (κ2) is 7.77. The molecule has 3 aromatic rings. The van der Waals surface area contributed by atoms with E-state index >= 15 is 0 Å². The third-order valence-electron chi connectivity index (χ3n) is 4.26. The van der Waals surface area contributed by atoms with Gasteiger partial charge in [0.05, 0.1) is 30.8 Å². The molecule has 138 valence electrons. The maximum absolute atomic E-state index is 12.2.